The quantitative estimate of drug-likeness (QED) is 0.654. The lowest BCUT2D eigenvalue weighted by molar-refractivity contribution is -0.384. The van der Waals surface area contributed by atoms with Crippen LogP contribution in [0.4, 0.5) is 11.4 Å². The van der Waals surface area contributed by atoms with Gasteiger partial charge in [-0.25, -0.2) is 0 Å². The summed E-state index contributed by atoms with van der Waals surface area (Å²) in [5.74, 6) is 0.137. The predicted molar refractivity (Wildman–Crippen MR) is 84.7 cm³/mol. The normalized spacial score (nSPS) is 21.7. The first-order valence-corrected chi connectivity index (χ1v) is 7.39. The minimum atomic E-state index is -0.513. The number of methoxy groups -OCH3 is 1. The van der Waals surface area contributed by atoms with Gasteiger partial charge in [0, 0.05) is 25.2 Å². The topological polar surface area (TPSA) is 93.9 Å². The Morgan fingerprint density at radius 2 is 2.09 bits per heavy atom. The molecule has 1 aliphatic heterocycles. The lowest BCUT2D eigenvalue weighted by atomic mass is 10.2. The number of morpholine rings is 1. The van der Waals surface area contributed by atoms with Gasteiger partial charge >= 0.3 is 0 Å². The second-order valence-electron chi connectivity index (χ2n) is 5.64. The number of carbonyl (C=O) groups excluding carboxylic acids is 1. The third-order valence-corrected chi connectivity index (χ3v) is 3.53. The van der Waals surface area contributed by atoms with Crippen molar-refractivity contribution in [3.05, 3.63) is 28.3 Å². The molecule has 1 N–H and O–H groups in total. The molecule has 0 spiro atoms. The Labute approximate surface area is 134 Å². The Bertz CT molecular complexity index is 582. The van der Waals surface area contributed by atoms with E-state index in [1.807, 2.05) is 18.7 Å². The molecular formula is C15H21N3O5. The molecule has 0 aromatic heterocycles. The zero-order valence-electron chi connectivity index (χ0n) is 13.4. The van der Waals surface area contributed by atoms with Crippen molar-refractivity contribution in [2.75, 3.05) is 32.1 Å². The minimum absolute atomic E-state index is 0.0684. The number of rotatable bonds is 5. The van der Waals surface area contributed by atoms with Crippen molar-refractivity contribution < 1.29 is 19.2 Å². The molecule has 0 bridgehead atoms. The first kappa shape index (κ1) is 17.2. The van der Waals surface area contributed by atoms with Crippen LogP contribution in [0.25, 0.3) is 0 Å². The number of ether oxygens (including phenoxy) is 2. The van der Waals surface area contributed by atoms with Crippen LogP contribution >= 0.6 is 0 Å². The first-order chi connectivity index (χ1) is 10.9. The number of nitrogens with zero attached hydrogens (tertiary/aromatic N) is 2. The lowest BCUT2D eigenvalue weighted by Crippen LogP contribution is -2.48. The minimum Gasteiger partial charge on any atom is -0.495 e. The van der Waals surface area contributed by atoms with E-state index in [2.05, 4.69) is 5.32 Å². The molecule has 8 heteroatoms. The molecule has 1 amide bonds. The van der Waals surface area contributed by atoms with Gasteiger partial charge in [-0.15, -0.1) is 0 Å². The molecule has 1 aromatic rings. The summed E-state index contributed by atoms with van der Waals surface area (Å²) in [4.78, 5) is 24.6. The van der Waals surface area contributed by atoms with Crippen LogP contribution < -0.4 is 10.1 Å². The van der Waals surface area contributed by atoms with Crippen molar-refractivity contribution in [3.8, 4) is 5.75 Å². The van der Waals surface area contributed by atoms with E-state index in [1.165, 1.54) is 25.3 Å². The smallest absolute Gasteiger partial charge is 0.271 e. The maximum Gasteiger partial charge on any atom is 0.271 e. The number of nitrogens with one attached hydrogen (secondary N) is 1. The number of hydrogen-bond acceptors (Lipinski definition) is 6. The van der Waals surface area contributed by atoms with Crippen LogP contribution in [0.1, 0.15) is 13.8 Å². The Morgan fingerprint density at radius 1 is 1.43 bits per heavy atom. The van der Waals surface area contributed by atoms with Gasteiger partial charge in [-0.1, -0.05) is 0 Å². The van der Waals surface area contributed by atoms with Crippen LogP contribution in [0.2, 0.25) is 0 Å². The highest BCUT2D eigenvalue weighted by atomic mass is 16.6. The number of hydrogen-bond donors (Lipinski definition) is 1. The number of nitro groups is 1. The van der Waals surface area contributed by atoms with E-state index < -0.39 is 4.92 Å². The zero-order valence-corrected chi connectivity index (χ0v) is 13.4. The van der Waals surface area contributed by atoms with Crippen LogP contribution in [-0.4, -0.2) is 54.7 Å². The molecule has 0 radical (unpaired) electrons. The van der Waals surface area contributed by atoms with Crippen LogP contribution in [-0.2, 0) is 9.53 Å². The largest absolute Gasteiger partial charge is 0.495 e. The van der Waals surface area contributed by atoms with Gasteiger partial charge in [-0.2, -0.15) is 0 Å². The number of amides is 1. The maximum atomic E-state index is 12.2. The van der Waals surface area contributed by atoms with Crippen molar-refractivity contribution in [1.82, 2.24) is 4.90 Å². The van der Waals surface area contributed by atoms with E-state index in [9.17, 15) is 14.9 Å². The molecule has 0 unspecified atom stereocenters. The highest BCUT2D eigenvalue weighted by Crippen LogP contribution is 2.28. The van der Waals surface area contributed by atoms with E-state index in [0.29, 0.717) is 24.5 Å². The summed E-state index contributed by atoms with van der Waals surface area (Å²) < 4.78 is 10.8. The van der Waals surface area contributed by atoms with Gasteiger partial charge in [0.1, 0.15) is 5.75 Å². The van der Waals surface area contributed by atoms with Gasteiger partial charge < -0.3 is 14.8 Å². The van der Waals surface area contributed by atoms with E-state index in [1.54, 1.807) is 0 Å². The van der Waals surface area contributed by atoms with Crippen molar-refractivity contribution in [2.45, 2.75) is 26.1 Å². The molecule has 1 aliphatic rings. The van der Waals surface area contributed by atoms with Gasteiger partial charge in [0.05, 0.1) is 36.5 Å². The van der Waals surface area contributed by atoms with E-state index >= 15 is 0 Å². The molecule has 0 aliphatic carbocycles. The fourth-order valence-electron chi connectivity index (χ4n) is 2.71. The Hall–Kier alpha value is -2.19. The summed E-state index contributed by atoms with van der Waals surface area (Å²) in [5, 5.41) is 13.5. The summed E-state index contributed by atoms with van der Waals surface area (Å²) in [6.07, 6.45) is 0.137. The predicted octanol–water partition coefficient (Wildman–Crippen LogP) is 1.65. The monoisotopic (exact) mass is 323 g/mol. The number of anilines is 1. The lowest BCUT2D eigenvalue weighted by Gasteiger charge is -2.34. The number of carbonyl (C=O) groups is 1. The van der Waals surface area contributed by atoms with Crippen LogP contribution in [0.5, 0.6) is 5.75 Å². The summed E-state index contributed by atoms with van der Waals surface area (Å²) in [6.45, 7) is 5.46. The van der Waals surface area contributed by atoms with Crippen LogP contribution in [0, 0.1) is 10.1 Å². The average Bonchev–Trinajstić information content (AvgIpc) is 2.45. The molecule has 2 atom stereocenters. The van der Waals surface area contributed by atoms with Gasteiger partial charge in [0.25, 0.3) is 5.69 Å². The van der Waals surface area contributed by atoms with E-state index in [0.717, 1.165) is 0 Å². The SMILES string of the molecule is COc1ccc([N+](=O)[O-])cc1NC(=O)CN1C[C@@H](C)O[C@H](C)C1. The van der Waals surface area contributed by atoms with Crippen LogP contribution in [0.15, 0.2) is 18.2 Å². The summed E-state index contributed by atoms with van der Waals surface area (Å²) in [6, 6.07) is 4.09. The molecule has 1 heterocycles. The number of non-ortho nitro benzene ring substituents is 1. The molecule has 1 aromatic carbocycles. The molecular weight excluding hydrogens is 302 g/mol. The molecule has 23 heavy (non-hydrogen) atoms. The summed E-state index contributed by atoms with van der Waals surface area (Å²) in [5.41, 5.74) is 0.191. The number of nitro benzene ring substituents is 1. The Kier molecular flexibility index (Phi) is 5.51. The van der Waals surface area contributed by atoms with Gasteiger partial charge in [-0.05, 0) is 19.9 Å². The Balaban J connectivity index is 2.04. The Morgan fingerprint density at radius 3 is 2.65 bits per heavy atom. The molecule has 1 saturated heterocycles. The molecule has 126 valence electrons. The van der Waals surface area contributed by atoms with E-state index in [4.69, 9.17) is 9.47 Å². The standard InChI is InChI=1S/C15H21N3O5/c1-10-7-17(8-11(2)23-10)9-15(19)16-13-6-12(18(20)21)4-5-14(13)22-3/h4-6,10-11H,7-9H2,1-3H3,(H,16,19)/t10-,11-/m1/s1. The van der Waals surface area contributed by atoms with Crippen LogP contribution in [0.3, 0.4) is 0 Å². The second kappa shape index (κ2) is 7.38. The number of benzene rings is 1. The zero-order chi connectivity index (χ0) is 17.0. The summed E-state index contributed by atoms with van der Waals surface area (Å²) >= 11 is 0. The van der Waals surface area contributed by atoms with Gasteiger partial charge in [-0.3, -0.25) is 19.8 Å². The van der Waals surface area contributed by atoms with Crippen molar-refractivity contribution in [2.24, 2.45) is 0 Å². The third kappa shape index (κ3) is 4.64. The molecule has 8 nitrogen and oxygen atoms in total. The molecule has 1 fully saturated rings. The van der Waals surface area contributed by atoms with Crippen molar-refractivity contribution in [3.63, 3.8) is 0 Å². The van der Waals surface area contributed by atoms with Crippen molar-refractivity contribution in [1.29, 1.82) is 0 Å². The van der Waals surface area contributed by atoms with Gasteiger partial charge in [0.2, 0.25) is 5.91 Å². The highest BCUT2D eigenvalue weighted by molar-refractivity contribution is 5.94. The average molecular weight is 323 g/mol. The van der Waals surface area contributed by atoms with Gasteiger partial charge in [0.15, 0.2) is 0 Å². The third-order valence-electron chi connectivity index (χ3n) is 3.53. The highest BCUT2D eigenvalue weighted by Gasteiger charge is 2.24. The maximum absolute atomic E-state index is 12.2. The second-order valence-corrected chi connectivity index (χ2v) is 5.64. The molecule has 0 saturated carbocycles. The first-order valence-electron chi connectivity index (χ1n) is 7.39. The summed E-state index contributed by atoms with van der Waals surface area (Å²) in [7, 11) is 1.45. The fraction of sp³-hybridized carbons (Fsp3) is 0.533. The van der Waals surface area contributed by atoms with Crippen molar-refractivity contribution >= 4 is 17.3 Å². The van der Waals surface area contributed by atoms with E-state index in [-0.39, 0.29) is 30.3 Å². The molecule has 2 rings (SSSR count). The fourth-order valence-corrected chi connectivity index (χ4v) is 2.71.